The Morgan fingerprint density at radius 2 is 1.81 bits per heavy atom. The van der Waals surface area contributed by atoms with Crippen LogP contribution in [0.1, 0.15) is 12.0 Å². The summed E-state index contributed by atoms with van der Waals surface area (Å²) < 4.78 is 26.9. The van der Waals surface area contributed by atoms with Gasteiger partial charge in [-0.15, -0.1) is 17.0 Å². The molecule has 1 aliphatic heterocycles. The van der Waals surface area contributed by atoms with Crippen LogP contribution in [0.5, 0.6) is 0 Å². The average molecular weight is 395 g/mol. The largest absolute Gasteiger partial charge is 0.316 e. The molecule has 0 amide bonds. The molecular weight excluding hydrogens is 372 g/mol. The lowest BCUT2D eigenvalue weighted by molar-refractivity contribution is 0.417. The molecule has 1 aliphatic rings. The summed E-state index contributed by atoms with van der Waals surface area (Å²) in [6, 6.07) is 7.11. The van der Waals surface area contributed by atoms with Gasteiger partial charge in [0, 0.05) is 31.1 Å². The minimum absolute atomic E-state index is 0. The summed E-state index contributed by atoms with van der Waals surface area (Å²) >= 11 is 1.80. The van der Waals surface area contributed by atoms with Crippen molar-refractivity contribution in [2.45, 2.75) is 18.2 Å². The Morgan fingerprint density at radius 3 is 2.52 bits per heavy atom. The molecule has 0 radical (unpaired) electrons. The molecule has 1 N–H and O–H groups in total. The molecule has 120 valence electrons. The molecule has 4 nitrogen and oxygen atoms in total. The number of sulfonamides is 1. The quantitative estimate of drug-likeness (QED) is 0.835. The molecule has 2 rings (SSSR count). The lowest BCUT2D eigenvalue weighted by atomic mass is 10.2. The highest BCUT2D eigenvalue weighted by Crippen LogP contribution is 2.17. The van der Waals surface area contributed by atoms with Gasteiger partial charge in [-0.3, -0.25) is 0 Å². The second-order valence-electron chi connectivity index (χ2n) is 4.93. The van der Waals surface area contributed by atoms with E-state index in [0.29, 0.717) is 18.0 Å². The highest BCUT2D eigenvalue weighted by molar-refractivity contribution is 8.93. The van der Waals surface area contributed by atoms with Crippen LogP contribution in [0.3, 0.4) is 0 Å². The molecule has 7 heteroatoms. The average Bonchev–Trinajstić information content (AvgIpc) is 2.45. The van der Waals surface area contributed by atoms with Crippen molar-refractivity contribution in [3.05, 3.63) is 29.8 Å². The number of benzene rings is 1. The first-order valence-electron chi connectivity index (χ1n) is 6.96. The van der Waals surface area contributed by atoms with E-state index in [-0.39, 0.29) is 17.0 Å². The molecule has 1 fully saturated rings. The van der Waals surface area contributed by atoms with Gasteiger partial charge in [0.1, 0.15) is 0 Å². The maximum Gasteiger partial charge on any atom is 0.243 e. The van der Waals surface area contributed by atoms with Crippen molar-refractivity contribution in [2.24, 2.45) is 0 Å². The zero-order valence-electron chi connectivity index (χ0n) is 12.2. The number of thioether (sulfide) groups is 1. The van der Waals surface area contributed by atoms with Crippen LogP contribution in [-0.2, 0) is 10.0 Å². The Bertz CT molecular complexity index is 510. The summed E-state index contributed by atoms with van der Waals surface area (Å²) in [6.07, 6.45) is 0.857. The molecule has 0 bridgehead atoms. The molecule has 0 aliphatic carbocycles. The van der Waals surface area contributed by atoms with Gasteiger partial charge < -0.3 is 5.32 Å². The normalized spacial score (nSPS) is 18.7. The third kappa shape index (κ3) is 5.56. The third-order valence-electron chi connectivity index (χ3n) is 3.33. The Labute approximate surface area is 142 Å². The number of nitrogens with one attached hydrogen (secondary N) is 1. The van der Waals surface area contributed by atoms with E-state index in [2.05, 4.69) is 5.32 Å². The minimum atomic E-state index is -3.35. The van der Waals surface area contributed by atoms with Gasteiger partial charge in [0.2, 0.25) is 10.0 Å². The van der Waals surface area contributed by atoms with Gasteiger partial charge in [0.05, 0.1) is 4.90 Å². The minimum Gasteiger partial charge on any atom is -0.316 e. The second kappa shape index (κ2) is 9.15. The van der Waals surface area contributed by atoms with Gasteiger partial charge in [-0.2, -0.15) is 16.1 Å². The van der Waals surface area contributed by atoms with Gasteiger partial charge in [0.15, 0.2) is 0 Å². The van der Waals surface area contributed by atoms with Crippen molar-refractivity contribution in [3.63, 3.8) is 0 Å². The van der Waals surface area contributed by atoms with E-state index in [4.69, 9.17) is 0 Å². The summed E-state index contributed by atoms with van der Waals surface area (Å²) in [5.41, 5.74) is 1.07. The van der Waals surface area contributed by atoms with Crippen LogP contribution in [0.2, 0.25) is 0 Å². The van der Waals surface area contributed by atoms with Gasteiger partial charge in [-0.1, -0.05) is 17.7 Å². The molecule has 1 saturated heterocycles. The van der Waals surface area contributed by atoms with Crippen LogP contribution in [-0.4, -0.2) is 50.4 Å². The Hall–Kier alpha value is -0.0800. The van der Waals surface area contributed by atoms with Gasteiger partial charge in [0.25, 0.3) is 0 Å². The zero-order valence-corrected chi connectivity index (χ0v) is 15.6. The predicted molar refractivity (Wildman–Crippen MR) is 95.1 cm³/mol. The smallest absolute Gasteiger partial charge is 0.243 e. The van der Waals surface area contributed by atoms with E-state index in [1.54, 1.807) is 28.2 Å². The molecule has 0 atom stereocenters. The lowest BCUT2D eigenvalue weighted by Gasteiger charge is -2.23. The number of hydrogen-bond donors (Lipinski definition) is 1. The van der Waals surface area contributed by atoms with Crippen molar-refractivity contribution >= 4 is 38.8 Å². The zero-order chi connectivity index (χ0) is 14.4. The van der Waals surface area contributed by atoms with Gasteiger partial charge in [-0.25, -0.2) is 8.42 Å². The molecule has 0 unspecified atom stereocenters. The summed E-state index contributed by atoms with van der Waals surface area (Å²) in [7, 11) is -3.35. The predicted octanol–water partition coefficient (Wildman–Crippen LogP) is 2.29. The monoisotopic (exact) mass is 394 g/mol. The molecule has 1 aromatic carbocycles. The first kappa shape index (κ1) is 19.0. The van der Waals surface area contributed by atoms with Crippen LogP contribution in [0, 0.1) is 6.92 Å². The first-order chi connectivity index (χ1) is 9.60. The number of halogens is 1. The maximum absolute atomic E-state index is 12.7. The Kier molecular flexibility index (Phi) is 8.26. The number of aryl methyl sites for hydroxylation is 1. The Balaban J connectivity index is 0.00000220. The van der Waals surface area contributed by atoms with Gasteiger partial charge >= 0.3 is 0 Å². The van der Waals surface area contributed by atoms with E-state index in [0.717, 1.165) is 36.6 Å². The molecule has 0 saturated carbocycles. The molecule has 21 heavy (non-hydrogen) atoms. The Morgan fingerprint density at radius 1 is 1.10 bits per heavy atom. The number of rotatable bonds is 2. The summed E-state index contributed by atoms with van der Waals surface area (Å²) in [4.78, 5) is 0.401. The summed E-state index contributed by atoms with van der Waals surface area (Å²) in [6.45, 7) is 5.03. The first-order valence-corrected chi connectivity index (χ1v) is 9.55. The van der Waals surface area contributed by atoms with E-state index in [1.807, 2.05) is 19.1 Å². The molecule has 1 heterocycles. The van der Waals surface area contributed by atoms with E-state index < -0.39 is 10.0 Å². The van der Waals surface area contributed by atoms with Crippen LogP contribution in [0.25, 0.3) is 0 Å². The van der Waals surface area contributed by atoms with Crippen molar-refractivity contribution in [1.29, 1.82) is 0 Å². The number of nitrogens with zero attached hydrogens (tertiary/aromatic N) is 1. The van der Waals surface area contributed by atoms with E-state index in [9.17, 15) is 8.42 Å². The molecule has 1 aromatic rings. The van der Waals surface area contributed by atoms with E-state index >= 15 is 0 Å². The van der Waals surface area contributed by atoms with Crippen molar-refractivity contribution in [3.8, 4) is 0 Å². The fourth-order valence-corrected chi connectivity index (χ4v) is 4.57. The second-order valence-corrected chi connectivity index (χ2v) is 8.10. The van der Waals surface area contributed by atoms with Gasteiger partial charge in [-0.05, 0) is 32.0 Å². The van der Waals surface area contributed by atoms with Crippen molar-refractivity contribution in [1.82, 2.24) is 9.62 Å². The van der Waals surface area contributed by atoms with Crippen LogP contribution in [0.4, 0.5) is 0 Å². The lowest BCUT2D eigenvalue weighted by Crippen LogP contribution is -2.36. The molecule has 0 spiro atoms. The van der Waals surface area contributed by atoms with E-state index in [1.165, 1.54) is 0 Å². The maximum atomic E-state index is 12.7. The third-order valence-corrected chi connectivity index (χ3v) is 6.20. The van der Waals surface area contributed by atoms with Crippen molar-refractivity contribution < 1.29 is 8.42 Å². The highest BCUT2D eigenvalue weighted by atomic mass is 79.9. The highest BCUT2D eigenvalue weighted by Gasteiger charge is 2.23. The standard InChI is InChI=1S/C14H22N2O2S2.BrH/c1-13-3-5-14(6-4-13)20(17,18)16-9-2-7-15-8-11-19-12-10-16;/h3-6,15H,2,7-12H2,1H3;1H. The summed E-state index contributed by atoms with van der Waals surface area (Å²) in [5, 5.41) is 3.33. The molecule has 0 aromatic heterocycles. The fraction of sp³-hybridized carbons (Fsp3) is 0.571. The van der Waals surface area contributed by atoms with Crippen LogP contribution < -0.4 is 5.32 Å². The van der Waals surface area contributed by atoms with Crippen LogP contribution in [0.15, 0.2) is 29.2 Å². The van der Waals surface area contributed by atoms with Crippen LogP contribution >= 0.6 is 28.7 Å². The number of hydrogen-bond acceptors (Lipinski definition) is 4. The SMILES string of the molecule is Br.Cc1ccc(S(=O)(=O)N2CCCNCCSCC2)cc1. The van der Waals surface area contributed by atoms with Crippen molar-refractivity contribution in [2.75, 3.05) is 37.7 Å². The fourth-order valence-electron chi connectivity index (χ4n) is 2.13. The molecular formula is C14H23BrN2O2S2. The summed E-state index contributed by atoms with van der Waals surface area (Å²) in [5.74, 6) is 1.89. The topological polar surface area (TPSA) is 49.4 Å².